The van der Waals surface area contributed by atoms with Crippen LogP contribution >= 0.6 is 0 Å². The molecule has 0 amide bonds. The number of pyridine rings is 1. The van der Waals surface area contributed by atoms with E-state index < -0.39 is 5.60 Å². The Morgan fingerprint density at radius 3 is 2.62 bits per heavy atom. The van der Waals surface area contributed by atoms with Gasteiger partial charge >= 0.3 is 0 Å². The van der Waals surface area contributed by atoms with E-state index in [4.69, 9.17) is 0 Å². The maximum absolute atomic E-state index is 10.6. The van der Waals surface area contributed by atoms with Crippen LogP contribution in [0.25, 0.3) is 10.8 Å². The third-order valence-corrected chi connectivity index (χ3v) is 3.60. The van der Waals surface area contributed by atoms with E-state index in [0.29, 0.717) is 0 Å². The molecule has 3 rings (SSSR count). The Morgan fingerprint density at radius 1 is 1.06 bits per heavy atom. The number of benzene rings is 1. The molecule has 2 aromatic rings. The lowest BCUT2D eigenvalue weighted by Crippen LogP contribution is -2.21. The first kappa shape index (κ1) is 9.79. The second-order valence-electron chi connectivity index (χ2n) is 4.65. The molecule has 1 fully saturated rings. The molecular formula is C14H15NO. The van der Waals surface area contributed by atoms with Gasteiger partial charge in [-0.25, -0.2) is 0 Å². The molecule has 0 radical (unpaired) electrons. The van der Waals surface area contributed by atoms with Crippen LogP contribution < -0.4 is 0 Å². The van der Waals surface area contributed by atoms with Crippen LogP contribution in [0.15, 0.2) is 36.7 Å². The maximum atomic E-state index is 10.6. The molecule has 0 spiro atoms. The summed E-state index contributed by atoms with van der Waals surface area (Å²) in [6.45, 7) is 0. The largest absolute Gasteiger partial charge is 0.385 e. The fourth-order valence-electron chi connectivity index (χ4n) is 2.72. The van der Waals surface area contributed by atoms with E-state index in [9.17, 15) is 5.11 Å². The molecule has 1 aliphatic rings. The van der Waals surface area contributed by atoms with Crippen LogP contribution in [0.2, 0.25) is 0 Å². The summed E-state index contributed by atoms with van der Waals surface area (Å²) < 4.78 is 0. The molecule has 1 heterocycles. The molecule has 2 heteroatoms. The second kappa shape index (κ2) is 3.56. The molecule has 2 nitrogen and oxygen atoms in total. The van der Waals surface area contributed by atoms with Gasteiger partial charge in [0.05, 0.1) is 5.60 Å². The summed E-state index contributed by atoms with van der Waals surface area (Å²) in [5.41, 5.74) is 0.358. The fourth-order valence-corrected chi connectivity index (χ4v) is 2.72. The highest BCUT2D eigenvalue weighted by molar-refractivity contribution is 5.85. The lowest BCUT2D eigenvalue weighted by molar-refractivity contribution is 0.0457. The quantitative estimate of drug-likeness (QED) is 0.790. The minimum Gasteiger partial charge on any atom is -0.385 e. The van der Waals surface area contributed by atoms with Crippen molar-refractivity contribution < 1.29 is 5.11 Å². The summed E-state index contributed by atoms with van der Waals surface area (Å²) in [6.07, 6.45) is 7.63. The van der Waals surface area contributed by atoms with Crippen LogP contribution in [0.5, 0.6) is 0 Å². The first-order valence-electron chi connectivity index (χ1n) is 5.85. The standard InChI is InChI=1S/C14H15NO/c16-14(7-3-4-8-14)13-10-15-9-11-5-1-2-6-12(11)13/h1-2,5-6,9-10,16H,3-4,7-8H2. The Bertz CT molecular complexity index is 510. The predicted octanol–water partition coefficient (Wildman–Crippen LogP) is 3.00. The third-order valence-electron chi connectivity index (χ3n) is 3.60. The lowest BCUT2D eigenvalue weighted by atomic mass is 9.90. The maximum Gasteiger partial charge on any atom is 0.0917 e. The molecule has 1 aromatic heterocycles. The van der Waals surface area contributed by atoms with Crippen LogP contribution in [-0.4, -0.2) is 10.1 Å². The summed E-state index contributed by atoms with van der Waals surface area (Å²) in [6, 6.07) is 8.14. The van der Waals surface area contributed by atoms with E-state index in [1.54, 1.807) is 0 Å². The summed E-state index contributed by atoms with van der Waals surface area (Å²) in [5.74, 6) is 0. The highest BCUT2D eigenvalue weighted by Gasteiger charge is 2.34. The van der Waals surface area contributed by atoms with Gasteiger partial charge in [-0.2, -0.15) is 0 Å². The van der Waals surface area contributed by atoms with Crippen molar-refractivity contribution in [3.05, 3.63) is 42.2 Å². The van der Waals surface area contributed by atoms with Crippen LogP contribution in [-0.2, 0) is 5.60 Å². The van der Waals surface area contributed by atoms with Crippen molar-refractivity contribution in [2.24, 2.45) is 0 Å². The van der Waals surface area contributed by atoms with Gasteiger partial charge in [-0.1, -0.05) is 37.1 Å². The van der Waals surface area contributed by atoms with E-state index >= 15 is 0 Å². The summed E-state index contributed by atoms with van der Waals surface area (Å²) in [4.78, 5) is 4.24. The first-order valence-corrected chi connectivity index (χ1v) is 5.85. The van der Waals surface area contributed by atoms with Gasteiger partial charge in [-0.05, 0) is 18.2 Å². The van der Waals surface area contributed by atoms with Crippen molar-refractivity contribution in [3.63, 3.8) is 0 Å². The highest BCUT2D eigenvalue weighted by Crippen LogP contribution is 2.40. The SMILES string of the molecule is OC1(c2cncc3ccccc23)CCCC1. The van der Waals surface area contributed by atoms with E-state index in [0.717, 1.165) is 42.0 Å². The molecule has 1 N–H and O–H groups in total. The number of hydrogen-bond acceptors (Lipinski definition) is 2. The first-order chi connectivity index (χ1) is 7.80. The summed E-state index contributed by atoms with van der Waals surface area (Å²) in [7, 11) is 0. The van der Waals surface area contributed by atoms with E-state index in [1.165, 1.54) is 0 Å². The zero-order valence-corrected chi connectivity index (χ0v) is 9.19. The summed E-state index contributed by atoms with van der Waals surface area (Å²) >= 11 is 0. The van der Waals surface area contributed by atoms with Gasteiger partial charge in [0, 0.05) is 23.3 Å². The van der Waals surface area contributed by atoms with Crippen molar-refractivity contribution in [2.45, 2.75) is 31.3 Å². The number of nitrogens with zero attached hydrogens (tertiary/aromatic N) is 1. The Kier molecular flexibility index (Phi) is 2.18. The van der Waals surface area contributed by atoms with Crippen LogP contribution in [0.3, 0.4) is 0 Å². The Hall–Kier alpha value is -1.41. The zero-order chi connectivity index (χ0) is 11.0. The van der Waals surface area contributed by atoms with Gasteiger partial charge in [0.2, 0.25) is 0 Å². The number of aromatic nitrogens is 1. The average Bonchev–Trinajstić information content (AvgIpc) is 2.77. The van der Waals surface area contributed by atoms with Crippen molar-refractivity contribution in [3.8, 4) is 0 Å². The summed E-state index contributed by atoms with van der Waals surface area (Å²) in [5, 5.41) is 12.9. The van der Waals surface area contributed by atoms with Gasteiger partial charge in [-0.15, -0.1) is 0 Å². The molecule has 82 valence electrons. The normalized spacial score (nSPS) is 19.1. The van der Waals surface area contributed by atoms with Crippen molar-refractivity contribution in [2.75, 3.05) is 0 Å². The highest BCUT2D eigenvalue weighted by atomic mass is 16.3. The average molecular weight is 213 g/mol. The topological polar surface area (TPSA) is 33.1 Å². The number of aliphatic hydroxyl groups is 1. The van der Waals surface area contributed by atoms with E-state index in [1.807, 2.05) is 30.6 Å². The molecule has 0 atom stereocenters. The minimum atomic E-state index is -0.645. The minimum absolute atomic E-state index is 0.645. The number of rotatable bonds is 1. The third kappa shape index (κ3) is 1.41. The molecule has 0 saturated heterocycles. The number of hydrogen-bond donors (Lipinski definition) is 1. The van der Waals surface area contributed by atoms with Gasteiger partial charge in [0.15, 0.2) is 0 Å². The van der Waals surface area contributed by atoms with Gasteiger partial charge < -0.3 is 5.11 Å². The van der Waals surface area contributed by atoms with Crippen molar-refractivity contribution in [1.82, 2.24) is 4.98 Å². The predicted molar refractivity (Wildman–Crippen MR) is 64.1 cm³/mol. The van der Waals surface area contributed by atoms with E-state index in [2.05, 4.69) is 11.1 Å². The molecular weight excluding hydrogens is 198 g/mol. The Morgan fingerprint density at radius 2 is 1.81 bits per heavy atom. The lowest BCUT2D eigenvalue weighted by Gasteiger charge is -2.23. The van der Waals surface area contributed by atoms with Crippen LogP contribution in [0.1, 0.15) is 31.2 Å². The zero-order valence-electron chi connectivity index (χ0n) is 9.19. The van der Waals surface area contributed by atoms with Crippen LogP contribution in [0.4, 0.5) is 0 Å². The van der Waals surface area contributed by atoms with Crippen molar-refractivity contribution in [1.29, 1.82) is 0 Å². The Labute approximate surface area is 94.9 Å². The van der Waals surface area contributed by atoms with Crippen LogP contribution in [0, 0.1) is 0 Å². The molecule has 0 bridgehead atoms. The molecule has 1 aliphatic carbocycles. The molecule has 16 heavy (non-hydrogen) atoms. The Balaban J connectivity index is 2.23. The fraction of sp³-hybridized carbons (Fsp3) is 0.357. The second-order valence-corrected chi connectivity index (χ2v) is 4.65. The van der Waals surface area contributed by atoms with Gasteiger partial charge in [0.25, 0.3) is 0 Å². The van der Waals surface area contributed by atoms with E-state index in [-0.39, 0.29) is 0 Å². The monoisotopic (exact) mass is 213 g/mol. The smallest absolute Gasteiger partial charge is 0.0917 e. The molecule has 1 aromatic carbocycles. The van der Waals surface area contributed by atoms with Gasteiger partial charge in [-0.3, -0.25) is 4.98 Å². The molecule has 1 saturated carbocycles. The molecule has 0 aliphatic heterocycles. The van der Waals surface area contributed by atoms with Gasteiger partial charge in [0.1, 0.15) is 0 Å². The molecule has 0 unspecified atom stereocenters. The van der Waals surface area contributed by atoms with Crippen molar-refractivity contribution >= 4 is 10.8 Å². The number of fused-ring (bicyclic) bond motifs is 1.